The molecule has 184 valence electrons. The third-order valence-corrected chi connectivity index (χ3v) is 7.34. The van der Waals surface area contributed by atoms with E-state index in [1.54, 1.807) is 23.1 Å². The Balaban J connectivity index is 1.84. The number of carbonyl (C=O) groups is 2. The van der Waals surface area contributed by atoms with Crippen molar-refractivity contribution in [1.29, 1.82) is 0 Å². The summed E-state index contributed by atoms with van der Waals surface area (Å²) in [6.45, 7) is 2.57. The first-order valence-corrected chi connectivity index (χ1v) is 13.5. The number of hydrogen-bond donors (Lipinski definition) is 1. The number of rotatable bonds is 11. The van der Waals surface area contributed by atoms with Crippen LogP contribution in [0.25, 0.3) is 0 Å². The van der Waals surface area contributed by atoms with Gasteiger partial charge in [-0.15, -0.1) is 11.8 Å². The van der Waals surface area contributed by atoms with E-state index in [1.165, 1.54) is 11.8 Å². The molecule has 3 aromatic carbocycles. The number of likely N-dealkylation sites (N-methyl/N-ethyl adjacent to an activating group) is 1. The van der Waals surface area contributed by atoms with Crippen LogP contribution in [0, 0.1) is 0 Å². The summed E-state index contributed by atoms with van der Waals surface area (Å²) in [4.78, 5) is 28.4. The van der Waals surface area contributed by atoms with Gasteiger partial charge in [0.2, 0.25) is 11.8 Å². The molecule has 0 bridgehead atoms. The van der Waals surface area contributed by atoms with Crippen LogP contribution < -0.4 is 5.32 Å². The van der Waals surface area contributed by atoms with Gasteiger partial charge in [0.15, 0.2) is 0 Å². The molecule has 3 rings (SSSR count). The van der Waals surface area contributed by atoms with Crippen molar-refractivity contribution in [1.82, 2.24) is 10.2 Å². The standard InChI is InChI=1S/C27H27Cl3N2O2S/c1-2-31-27(34)25(14-19-8-4-3-5-9-19)32(16-20-10-6-7-11-23(20)29)26(33)18-35-17-21-12-13-22(28)15-24(21)30/h3-13,15,25H,2,14,16-18H2,1H3,(H,31,34). The number of benzene rings is 3. The van der Waals surface area contributed by atoms with Crippen molar-refractivity contribution < 1.29 is 9.59 Å². The fraction of sp³-hybridized carbons (Fsp3) is 0.259. The average Bonchev–Trinajstić information content (AvgIpc) is 2.84. The summed E-state index contributed by atoms with van der Waals surface area (Å²) in [6.07, 6.45) is 0.399. The van der Waals surface area contributed by atoms with E-state index < -0.39 is 6.04 Å². The molecule has 0 spiro atoms. The number of thioether (sulfide) groups is 1. The van der Waals surface area contributed by atoms with Crippen LogP contribution in [-0.2, 0) is 28.3 Å². The van der Waals surface area contributed by atoms with Crippen LogP contribution in [0.2, 0.25) is 15.1 Å². The first-order chi connectivity index (χ1) is 16.9. The topological polar surface area (TPSA) is 49.4 Å². The van der Waals surface area contributed by atoms with Crippen molar-refractivity contribution in [3.05, 3.63) is 105 Å². The summed E-state index contributed by atoms with van der Waals surface area (Å²) >= 11 is 20.1. The van der Waals surface area contributed by atoms with Gasteiger partial charge in [-0.25, -0.2) is 0 Å². The molecule has 1 atom stereocenters. The molecule has 0 saturated carbocycles. The zero-order chi connectivity index (χ0) is 25.2. The van der Waals surface area contributed by atoms with Gasteiger partial charge in [0.1, 0.15) is 6.04 Å². The Kier molecular flexibility index (Phi) is 10.8. The average molecular weight is 550 g/mol. The molecule has 0 fully saturated rings. The van der Waals surface area contributed by atoms with Gasteiger partial charge in [-0.1, -0.05) is 89.4 Å². The van der Waals surface area contributed by atoms with E-state index in [0.717, 1.165) is 16.7 Å². The Morgan fingerprint density at radius 2 is 1.63 bits per heavy atom. The second-order valence-corrected chi connectivity index (χ2v) is 10.2. The lowest BCUT2D eigenvalue weighted by atomic mass is 10.0. The largest absolute Gasteiger partial charge is 0.355 e. The number of nitrogens with one attached hydrogen (secondary N) is 1. The fourth-order valence-corrected chi connectivity index (χ4v) is 5.29. The molecule has 0 radical (unpaired) electrons. The second-order valence-electron chi connectivity index (χ2n) is 7.94. The van der Waals surface area contributed by atoms with Crippen molar-refractivity contribution in [2.75, 3.05) is 12.3 Å². The normalized spacial score (nSPS) is 11.7. The number of nitrogens with zero attached hydrogens (tertiary/aromatic N) is 1. The minimum atomic E-state index is -0.680. The molecule has 0 aliphatic rings. The van der Waals surface area contributed by atoms with Crippen LogP contribution >= 0.6 is 46.6 Å². The van der Waals surface area contributed by atoms with Crippen LogP contribution in [-0.4, -0.2) is 35.1 Å². The SMILES string of the molecule is CCNC(=O)C(Cc1ccccc1)N(Cc1ccccc1Cl)C(=O)CSCc1ccc(Cl)cc1Cl. The molecule has 0 saturated heterocycles. The Bertz CT molecular complexity index is 1140. The van der Waals surface area contributed by atoms with E-state index in [-0.39, 0.29) is 24.1 Å². The lowest BCUT2D eigenvalue weighted by Gasteiger charge is -2.31. The molecule has 0 aliphatic carbocycles. The van der Waals surface area contributed by atoms with Gasteiger partial charge in [-0.05, 0) is 41.8 Å². The summed E-state index contributed by atoms with van der Waals surface area (Å²) < 4.78 is 0. The first-order valence-electron chi connectivity index (χ1n) is 11.2. The van der Waals surface area contributed by atoms with Crippen LogP contribution in [0.1, 0.15) is 23.6 Å². The third kappa shape index (κ3) is 8.18. The number of hydrogen-bond acceptors (Lipinski definition) is 3. The van der Waals surface area contributed by atoms with E-state index in [0.29, 0.717) is 33.8 Å². The molecule has 4 nitrogen and oxygen atoms in total. The van der Waals surface area contributed by atoms with Gasteiger partial charge in [0, 0.05) is 40.3 Å². The maximum Gasteiger partial charge on any atom is 0.243 e. The molecular formula is C27H27Cl3N2O2S. The minimum Gasteiger partial charge on any atom is -0.355 e. The molecule has 1 unspecified atom stereocenters. The number of halogens is 3. The lowest BCUT2D eigenvalue weighted by Crippen LogP contribution is -2.51. The molecule has 0 aromatic heterocycles. The quantitative estimate of drug-likeness (QED) is 0.291. The first kappa shape index (κ1) is 27.4. The number of amides is 2. The molecule has 0 heterocycles. The van der Waals surface area contributed by atoms with Crippen molar-refractivity contribution >= 4 is 58.4 Å². The molecule has 8 heteroatoms. The van der Waals surface area contributed by atoms with Gasteiger partial charge < -0.3 is 10.2 Å². The maximum absolute atomic E-state index is 13.6. The van der Waals surface area contributed by atoms with Gasteiger partial charge in [-0.2, -0.15) is 0 Å². The highest BCUT2D eigenvalue weighted by atomic mass is 35.5. The Labute approximate surface area is 225 Å². The van der Waals surface area contributed by atoms with Crippen LogP contribution in [0.5, 0.6) is 0 Å². The molecular weight excluding hydrogens is 523 g/mol. The van der Waals surface area contributed by atoms with E-state index in [1.807, 2.05) is 61.5 Å². The maximum atomic E-state index is 13.6. The van der Waals surface area contributed by atoms with Crippen molar-refractivity contribution in [3.8, 4) is 0 Å². The summed E-state index contributed by atoms with van der Waals surface area (Å²) in [5.41, 5.74) is 2.66. The predicted octanol–water partition coefficient (Wildman–Crippen LogP) is 6.66. The molecule has 1 N–H and O–H groups in total. The highest BCUT2D eigenvalue weighted by Crippen LogP contribution is 2.26. The highest BCUT2D eigenvalue weighted by molar-refractivity contribution is 7.99. The van der Waals surface area contributed by atoms with Gasteiger partial charge in [0.25, 0.3) is 0 Å². The van der Waals surface area contributed by atoms with Crippen LogP contribution in [0.3, 0.4) is 0 Å². The van der Waals surface area contributed by atoms with Crippen molar-refractivity contribution in [2.24, 2.45) is 0 Å². The van der Waals surface area contributed by atoms with E-state index in [2.05, 4.69) is 5.32 Å². The van der Waals surface area contributed by atoms with Gasteiger partial charge >= 0.3 is 0 Å². The highest BCUT2D eigenvalue weighted by Gasteiger charge is 2.30. The summed E-state index contributed by atoms with van der Waals surface area (Å²) in [5.74, 6) is 0.398. The second kappa shape index (κ2) is 13.8. The van der Waals surface area contributed by atoms with E-state index in [9.17, 15) is 9.59 Å². The van der Waals surface area contributed by atoms with Gasteiger partial charge in [0.05, 0.1) is 5.75 Å². The monoisotopic (exact) mass is 548 g/mol. The Hall–Kier alpha value is -2.18. The van der Waals surface area contributed by atoms with Gasteiger partial charge in [-0.3, -0.25) is 9.59 Å². The Morgan fingerprint density at radius 3 is 2.31 bits per heavy atom. The smallest absolute Gasteiger partial charge is 0.243 e. The zero-order valence-corrected chi connectivity index (χ0v) is 22.4. The number of carbonyl (C=O) groups excluding carboxylic acids is 2. The summed E-state index contributed by atoms with van der Waals surface area (Å²) in [7, 11) is 0. The fourth-order valence-electron chi connectivity index (χ4n) is 3.63. The van der Waals surface area contributed by atoms with Crippen molar-refractivity contribution in [2.45, 2.75) is 31.7 Å². The van der Waals surface area contributed by atoms with Crippen LogP contribution in [0.15, 0.2) is 72.8 Å². The Morgan fingerprint density at radius 1 is 0.914 bits per heavy atom. The predicted molar refractivity (Wildman–Crippen MR) is 147 cm³/mol. The molecule has 35 heavy (non-hydrogen) atoms. The lowest BCUT2D eigenvalue weighted by molar-refractivity contribution is -0.139. The van der Waals surface area contributed by atoms with Crippen LogP contribution in [0.4, 0.5) is 0 Å². The summed E-state index contributed by atoms with van der Waals surface area (Å²) in [5, 5.41) is 4.58. The molecule has 3 aromatic rings. The van der Waals surface area contributed by atoms with E-state index in [4.69, 9.17) is 34.8 Å². The molecule has 2 amide bonds. The van der Waals surface area contributed by atoms with E-state index >= 15 is 0 Å². The summed E-state index contributed by atoms with van der Waals surface area (Å²) in [6, 6.07) is 21.7. The minimum absolute atomic E-state index is 0.146. The zero-order valence-electron chi connectivity index (χ0n) is 19.3. The third-order valence-electron chi connectivity index (χ3n) is 5.42. The molecule has 0 aliphatic heterocycles. The van der Waals surface area contributed by atoms with Crippen molar-refractivity contribution in [3.63, 3.8) is 0 Å².